The molecular formula is C21H25N3O3. The van der Waals surface area contributed by atoms with E-state index in [1.165, 1.54) is 6.26 Å². The lowest BCUT2D eigenvalue weighted by molar-refractivity contribution is -0.119. The van der Waals surface area contributed by atoms with E-state index >= 15 is 0 Å². The fraction of sp³-hybridized carbons (Fsp3) is 0.381. The van der Waals surface area contributed by atoms with Crippen LogP contribution in [0.25, 0.3) is 11.0 Å². The van der Waals surface area contributed by atoms with E-state index in [4.69, 9.17) is 9.40 Å². The minimum Gasteiger partial charge on any atom is -0.459 e. The lowest BCUT2D eigenvalue weighted by atomic mass is 10.1. The molecule has 1 aromatic carbocycles. The minimum absolute atomic E-state index is 0.125. The van der Waals surface area contributed by atoms with Crippen LogP contribution in [0.2, 0.25) is 0 Å². The van der Waals surface area contributed by atoms with Crippen molar-refractivity contribution in [1.82, 2.24) is 14.9 Å². The van der Waals surface area contributed by atoms with E-state index in [2.05, 4.69) is 9.88 Å². The van der Waals surface area contributed by atoms with E-state index in [0.29, 0.717) is 12.3 Å². The molecule has 1 N–H and O–H groups in total. The second-order valence-corrected chi connectivity index (χ2v) is 6.72. The third-order valence-electron chi connectivity index (χ3n) is 4.75. The molecule has 1 unspecified atom stereocenters. The highest BCUT2D eigenvalue weighted by molar-refractivity contribution is 5.91. The Morgan fingerprint density at radius 2 is 1.96 bits per heavy atom. The second-order valence-electron chi connectivity index (χ2n) is 6.72. The number of benzene rings is 1. The molecule has 3 rings (SSSR count). The number of aromatic nitrogens is 2. The summed E-state index contributed by atoms with van der Waals surface area (Å²) in [6.07, 6.45) is 5.09. The van der Waals surface area contributed by atoms with Crippen LogP contribution in [0.4, 0.5) is 0 Å². The highest BCUT2D eigenvalue weighted by Gasteiger charge is 2.18. The van der Waals surface area contributed by atoms with Gasteiger partial charge in [-0.05, 0) is 51.0 Å². The van der Waals surface area contributed by atoms with Crippen molar-refractivity contribution in [2.45, 2.75) is 45.6 Å². The first-order valence-corrected chi connectivity index (χ1v) is 9.36. The second kappa shape index (κ2) is 8.66. The number of fused-ring (bicyclic) bond motifs is 1. The third kappa shape index (κ3) is 4.45. The number of ketones is 1. The Hall–Kier alpha value is -2.89. The van der Waals surface area contributed by atoms with Gasteiger partial charge in [-0.3, -0.25) is 9.59 Å². The Kier molecular flexibility index (Phi) is 6.06. The maximum atomic E-state index is 11.9. The van der Waals surface area contributed by atoms with Crippen molar-refractivity contribution in [2.24, 2.45) is 0 Å². The van der Waals surface area contributed by atoms with Crippen LogP contribution in [0, 0.1) is 0 Å². The molecule has 1 amide bonds. The predicted molar refractivity (Wildman–Crippen MR) is 104 cm³/mol. The maximum Gasteiger partial charge on any atom is 0.286 e. The average Bonchev–Trinajstić information content (AvgIpc) is 3.31. The number of Topliss-reactive ketones (excluding diaryl/α,β-unsaturated/α-hetero) is 1. The number of unbranched alkanes of at least 4 members (excludes halogenated alkanes) is 2. The molecule has 2 aromatic heterocycles. The number of hydrogen-bond donors (Lipinski definition) is 1. The van der Waals surface area contributed by atoms with Crippen LogP contribution in [0.3, 0.4) is 0 Å². The zero-order chi connectivity index (χ0) is 19.2. The molecular weight excluding hydrogens is 342 g/mol. The zero-order valence-corrected chi connectivity index (χ0v) is 15.8. The largest absolute Gasteiger partial charge is 0.459 e. The smallest absolute Gasteiger partial charge is 0.286 e. The van der Waals surface area contributed by atoms with Crippen LogP contribution < -0.4 is 5.32 Å². The Balaban J connectivity index is 1.53. The van der Waals surface area contributed by atoms with Gasteiger partial charge < -0.3 is 14.3 Å². The predicted octanol–water partition coefficient (Wildman–Crippen LogP) is 3.92. The van der Waals surface area contributed by atoms with Gasteiger partial charge >= 0.3 is 0 Å². The number of aryl methyl sites for hydroxylation is 1. The van der Waals surface area contributed by atoms with Crippen molar-refractivity contribution in [3.05, 3.63) is 54.2 Å². The SMILES string of the molecule is CC(=O)C(C)n1c(CCCCCNC(=O)c2ccco2)nc2ccccc21. The fourth-order valence-corrected chi connectivity index (χ4v) is 3.17. The molecule has 27 heavy (non-hydrogen) atoms. The number of nitrogens with zero attached hydrogens (tertiary/aromatic N) is 2. The molecule has 0 spiro atoms. The van der Waals surface area contributed by atoms with Gasteiger partial charge in [0.1, 0.15) is 5.82 Å². The summed E-state index contributed by atoms with van der Waals surface area (Å²) in [7, 11) is 0. The van der Waals surface area contributed by atoms with E-state index in [-0.39, 0.29) is 17.7 Å². The summed E-state index contributed by atoms with van der Waals surface area (Å²) in [5.74, 6) is 1.22. The van der Waals surface area contributed by atoms with Gasteiger partial charge in [0.05, 0.1) is 23.3 Å². The molecule has 0 saturated heterocycles. The van der Waals surface area contributed by atoms with Crippen molar-refractivity contribution in [3.63, 3.8) is 0 Å². The fourth-order valence-electron chi connectivity index (χ4n) is 3.17. The summed E-state index contributed by atoms with van der Waals surface area (Å²) in [4.78, 5) is 28.4. The Morgan fingerprint density at radius 3 is 2.70 bits per heavy atom. The van der Waals surface area contributed by atoms with Crippen molar-refractivity contribution in [1.29, 1.82) is 0 Å². The molecule has 0 saturated carbocycles. The van der Waals surface area contributed by atoms with Gasteiger partial charge in [-0.25, -0.2) is 4.98 Å². The van der Waals surface area contributed by atoms with Crippen molar-refractivity contribution in [2.75, 3.05) is 6.54 Å². The molecule has 2 heterocycles. The molecule has 0 aliphatic carbocycles. The normalized spacial score (nSPS) is 12.2. The summed E-state index contributed by atoms with van der Waals surface area (Å²) in [6, 6.07) is 11.0. The number of carbonyl (C=O) groups is 2. The topological polar surface area (TPSA) is 77.1 Å². The summed E-state index contributed by atoms with van der Waals surface area (Å²) in [5, 5.41) is 2.85. The molecule has 142 valence electrons. The quantitative estimate of drug-likeness (QED) is 0.582. The maximum absolute atomic E-state index is 11.9. The van der Waals surface area contributed by atoms with Crippen LogP contribution in [-0.2, 0) is 11.2 Å². The Bertz CT molecular complexity index is 912. The lowest BCUT2D eigenvalue weighted by Crippen LogP contribution is -2.23. The van der Waals surface area contributed by atoms with Crippen LogP contribution in [0.15, 0.2) is 47.1 Å². The van der Waals surface area contributed by atoms with Gasteiger partial charge in [0.15, 0.2) is 11.5 Å². The summed E-state index contributed by atoms with van der Waals surface area (Å²) < 4.78 is 7.12. The van der Waals surface area contributed by atoms with Gasteiger partial charge in [-0.2, -0.15) is 0 Å². The average molecular weight is 367 g/mol. The minimum atomic E-state index is -0.222. The third-order valence-corrected chi connectivity index (χ3v) is 4.75. The van der Waals surface area contributed by atoms with Crippen molar-refractivity contribution >= 4 is 22.7 Å². The molecule has 6 nitrogen and oxygen atoms in total. The molecule has 0 aliphatic heterocycles. The Morgan fingerprint density at radius 1 is 1.15 bits per heavy atom. The van der Waals surface area contributed by atoms with Crippen LogP contribution in [-0.4, -0.2) is 27.8 Å². The van der Waals surface area contributed by atoms with E-state index in [1.807, 2.05) is 31.2 Å². The summed E-state index contributed by atoms with van der Waals surface area (Å²) in [5.41, 5.74) is 1.92. The first kappa shape index (κ1) is 18.9. The van der Waals surface area contributed by atoms with Gasteiger partial charge in [-0.15, -0.1) is 0 Å². The highest BCUT2D eigenvalue weighted by atomic mass is 16.3. The number of carbonyl (C=O) groups excluding carboxylic acids is 2. The van der Waals surface area contributed by atoms with E-state index in [9.17, 15) is 9.59 Å². The number of para-hydroxylation sites is 2. The number of imidazole rings is 1. The van der Waals surface area contributed by atoms with Crippen LogP contribution in [0.5, 0.6) is 0 Å². The molecule has 0 bridgehead atoms. The summed E-state index contributed by atoms with van der Waals surface area (Å²) >= 11 is 0. The van der Waals surface area contributed by atoms with Crippen LogP contribution >= 0.6 is 0 Å². The molecule has 6 heteroatoms. The Labute approximate surface area is 158 Å². The molecule has 1 atom stereocenters. The zero-order valence-electron chi connectivity index (χ0n) is 15.8. The van der Waals surface area contributed by atoms with E-state index in [0.717, 1.165) is 42.5 Å². The van der Waals surface area contributed by atoms with E-state index in [1.54, 1.807) is 19.1 Å². The first-order chi connectivity index (χ1) is 13.1. The highest BCUT2D eigenvalue weighted by Crippen LogP contribution is 2.23. The molecule has 3 aromatic rings. The van der Waals surface area contributed by atoms with Crippen LogP contribution in [0.1, 0.15) is 55.5 Å². The standard InChI is InChI=1S/C21H25N3O3/c1-15(16(2)25)24-18-10-6-5-9-17(18)23-20(24)12-4-3-7-13-22-21(26)19-11-8-14-27-19/h5-6,8-11,14-15H,3-4,7,12-13H2,1-2H3,(H,22,26). The van der Waals surface area contributed by atoms with Gasteiger partial charge in [0, 0.05) is 13.0 Å². The molecule has 0 aliphatic rings. The molecule has 0 fully saturated rings. The number of amides is 1. The van der Waals surface area contributed by atoms with E-state index < -0.39 is 0 Å². The number of hydrogen-bond acceptors (Lipinski definition) is 4. The van der Waals surface area contributed by atoms with Gasteiger partial charge in [0.2, 0.25) is 0 Å². The number of nitrogens with one attached hydrogen (secondary N) is 1. The first-order valence-electron chi connectivity index (χ1n) is 9.36. The summed E-state index contributed by atoms with van der Waals surface area (Å²) in [6.45, 7) is 4.15. The van der Waals surface area contributed by atoms with Gasteiger partial charge in [-0.1, -0.05) is 18.6 Å². The van der Waals surface area contributed by atoms with Crippen molar-refractivity contribution < 1.29 is 14.0 Å². The molecule has 0 radical (unpaired) electrons. The van der Waals surface area contributed by atoms with Crippen molar-refractivity contribution in [3.8, 4) is 0 Å². The number of rotatable bonds is 9. The number of furan rings is 1. The monoisotopic (exact) mass is 367 g/mol. The van der Waals surface area contributed by atoms with Gasteiger partial charge in [0.25, 0.3) is 5.91 Å². The lowest BCUT2D eigenvalue weighted by Gasteiger charge is -2.15.